The Kier molecular flexibility index (Phi) is 4.89. The lowest BCUT2D eigenvalue weighted by Crippen LogP contribution is -2.21. The molecular formula is C19H13F4N7O. The molecule has 0 spiro atoms. The van der Waals surface area contributed by atoms with Crippen LogP contribution >= 0.6 is 0 Å². The minimum Gasteiger partial charge on any atom is -0.382 e. The van der Waals surface area contributed by atoms with Crippen LogP contribution in [0.15, 0.2) is 48.8 Å². The number of carbonyl (C=O) groups excluding carboxylic acids is 1. The molecule has 0 atom stereocenters. The Labute approximate surface area is 171 Å². The average Bonchev–Trinajstić information content (AvgIpc) is 3.10. The maximum atomic E-state index is 13.8. The molecule has 4 aromatic rings. The van der Waals surface area contributed by atoms with E-state index in [0.717, 1.165) is 0 Å². The summed E-state index contributed by atoms with van der Waals surface area (Å²) in [6.07, 6.45) is -1.64. The summed E-state index contributed by atoms with van der Waals surface area (Å²) in [4.78, 5) is 20.3. The molecule has 0 aliphatic rings. The lowest BCUT2D eigenvalue weighted by molar-refractivity contribution is -0.137. The molecule has 0 unspecified atom stereocenters. The van der Waals surface area contributed by atoms with Crippen LogP contribution in [0.4, 0.5) is 39.7 Å². The van der Waals surface area contributed by atoms with Gasteiger partial charge in [-0.1, -0.05) is 0 Å². The zero-order valence-corrected chi connectivity index (χ0v) is 15.5. The number of pyridine rings is 2. The van der Waals surface area contributed by atoms with E-state index in [0.29, 0.717) is 40.4 Å². The van der Waals surface area contributed by atoms with Crippen LogP contribution in [0.2, 0.25) is 0 Å². The zero-order chi connectivity index (χ0) is 22.2. The number of nitrogens with one attached hydrogen (secondary N) is 3. The lowest BCUT2D eigenvalue weighted by Gasteiger charge is -2.11. The standard InChI is InChI=1S/C19H13F4N7O/c20-12-3-2-10(19(21,22)23)7-13(12)27-18(31)28-14-4-1-9(8-26-14)11-5-6-25-17-15(11)16(24)29-30-17/h1-8H,(H3,24,25,29,30)(H2,26,27,28,31). The van der Waals surface area contributed by atoms with Gasteiger partial charge in [-0.25, -0.2) is 19.2 Å². The molecule has 0 bridgehead atoms. The highest BCUT2D eigenvalue weighted by atomic mass is 19.4. The summed E-state index contributed by atoms with van der Waals surface area (Å²) in [5.41, 5.74) is 6.04. The van der Waals surface area contributed by atoms with Crippen LogP contribution in [0.25, 0.3) is 22.2 Å². The second kappa shape index (κ2) is 7.55. The number of nitrogen functional groups attached to an aromatic ring is 1. The number of rotatable bonds is 3. The zero-order valence-electron chi connectivity index (χ0n) is 15.5. The molecule has 0 aliphatic heterocycles. The lowest BCUT2D eigenvalue weighted by atomic mass is 10.1. The van der Waals surface area contributed by atoms with Crippen LogP contribution in [-0.2, 0) is 6.18 Å². The molecule has 2 amide bonds. The third-order valence-electron chi connectivity index (χ3n) is 4.35. The number of benzene rings is 1. The van der Waals surface area contributed by atoms with Crippen molar-refractivity contribution in [2.45, 2.75) is 6.18 Å². The molecule has 1 aromatic carbocycles. The Balaban J connectivity index is 1.51. The quantitative estimate of drug-likeness (QED) is 0.358. The molecule has 0 fully saturated rings. The number of carbonyl (C=O) groups is 1. The van der Waals surface area contributed by atoms with Crippen LogP contribution in [0.3, 0.4) is 0 Å². The predicted octanol–water partition coefficient (Wildman–Crippen LogP) is 4.40. The Morgan fingerprint density at radius 3 is 2.58 bits per heavy atom. The van der Waals surface area contributed by atoms with Crippen molar-refractivity contribution in [2.24, 2.45) is 0 Å². The fourth-order valence-corrected chi connectivity index (χ4v) is 2.91. The van der Waals surface area contributed by atoms with Gasteiger partial charge in [-0.05, 0) is 42.0 Å². The van der Waals surface area contributed by atoms with Gasteiger partial charge in [0.15, 0.2) is 11.5 Å². The topological polar surface area (TPSA) is 122 Å². The van der Waals surface area contributed by atoms with Crippen LogP contribution < -0.4 is 16.4 Å². The first-order chi connectivity index (χ1) is 14.7. The minimum absolute atomic E-state index is 0.0964. The summed E-state index contributed by atoms with van der Waals surface area (Å²) in [7, 11) is 0. The predicted molar refractivity (Wildman–Crippen MR) is 106 cm³/mol. The van der Waals surface area contributed by atoms with Gasteiger partial charge >= 0.3 is 12.2 Å². The van der Waals surface area contributed by atoms with Gasteiger partial charge in [0.05, 0.1) is 16.6 Å². The van der Waals surface area contributed by atoms with Crippen molar-refractivity contribution in [3.8, 4) is 11.1 Å². The monoisotopic (exact) mass is 431 g/mol. The molecule has 8 nitrogen and oxygen atoms in total. The Bertz CT molecular complexity index is 1270. The number of amides is 2. The number of H-pyrrole nitrogens is 1. The van der Waals surface area contributed by atoms with Crippen molar-refractivity contribution in [1.82, 2.24) is 20.2 Å². The molecule has 0 radical (unpaired) electrons. The number of alkyl halides is 3. The molecule has 12 heteroatoms. The van der Waals surface area contributed by atoms with Gasteiger partial charge in [-0.3, -0.25) is 10.4 Å². The van der Waals surface area contributed by atoms with E-state index in [1.54, 1.807) is 18.3 Å². The average molecular weight is 431 g/mol. The molecule has 3 aromatic heterocycles. The second-order valence-electron chi connectivity index (χ2n) is 6.39. The number of urea groups is 1. The molecule has 4 rings (SSSR count). The van der Waals surface area contributed by atoms with Crippen molar-refractivity contribution >= 4 is 34.4 Å². The molecule has 5 N–H and O–H groups in total. The van der Waals surface area contributed by atoms with E-state index in [1.807, 2.05) is 5.32 Å². The molecular weight excluding hydrogens is 418 g/mol. The number of fused-ring (bicyclic) bond motifs is 1. The third-order valence-corrected chi connectivity index (χ3v) is 4.35. The smallest absolute Gasteiger partial charge is 0.382 e. The summed E-state index contributed by atoms with van der Waals surface area (Å²) in [5, 5.41) is 11.6. The first-order valence-electron chi connectivity index (χ1n) is 8.72. The number of aromatic nitrogens is 4. The maximum absolute atomic E-state index is 13.8. The van der Waals surface area contributed by atoms with Crippen LogP contribution in [-0.4, -0.2) is 26.2 Å². The van der Waals surface area contributed by atoms with Gasteiger partial charge in [-0.15, -0.1) is 0 Å². The van der Waals surface area contributed by atoms with E-state index < -0.39 is 29.3 Å². The fourth-order valence-electron chi connectivity index (χ4n) is 2.91. The van der Waals surface area contributed by atoms with Gasteiger partial charge < -0.3 is 11.1 Å². The summed E-state index contributed by atoms with van der Waals surface area (Å²) < 4.78 is 52.1. The summed E-state index contributed by atoms with van der Waals surface area (Å²) in [5.74, 6) is -0.646. The summed E-state index contributed by atoms with van der Waals surface area (Å²) >= 11 is 0. The van der Waals surface area contributed by atoms with Crippen molar-refractivity contribution in [1.29, 1.82) is 0 Å². The summed E-state index contributed by atoms with van der Waals surface area (Å²) in [6.45, 7) is 0. The normalized spacial score (nSPS) is 11.5. The highest BCUT2D eigenvalue weighted by Gasteiger charge is 2.31. The largest absolute Gasteiger partial charge is 0.416 e. The third kappa shape index (κ3) is 4.08. The number of nitrogens with two attached hydrogens (primary N) is 1. The second-order valence-corrected chi connectivity index (χ2v) is 6.39. The molecule has 0 aliphatic carbocycles. The van der Waals surface area contributed by atoms with Gasteiger partial charge in [0.2, 0.25) is 0 Å². The molecule has 158 valence electrons. The number of halogens is 4. The number of nitrogens with zero attached hydrogens (tertiary/aromatic N) is 3. The van der Waals surface area contributed by atoms with E-state index in [2.05, 4.69) is 25.5 Å². The Morgan fingerprint density at radius 2 is 1.87 bits per heavy atom. The van der Waals surface area contributed by atoms with E-state index >= 15 is 0 Å². The van der Waals surface area contributed by atoms with Gasteiger partial charge in [0.25, 0.3) is 0 Å². The number of aromatic amines is 1. The number of hydrogen-bond donors (Lipinski definition) is 4. The number of anilines is 3. The molecule has 31 heavy (non-hydrogen) atoms. The Morgan fingerprint density at radius 1 is 1.06 bits per heavy atom. The van der Waals surface area contributed by atoms with E-state index in [4.69, 9.17) is 5.73 Å². The minimum atomic E-state index is -4.67. The molecule has 3 heterocycles. The van der Waals surface area contributed by atoms with E-state index in [-0.39, 0.29) is 11.6 Å². The molecule has 0 saturated heterocycles. The Hall–Kier alpha value is -4.22. The highest BCUT2D eigenvalue weighted by Crippen LogP contribution is 2.32. The first kappa shape index (κ1) is 20.1. The van der Waals surface area contributed by atoms with Crippen molar-refractivity contribution in [3.05, 3.63) is 60.2 Å². The highest BCUT2D eigenvalue weighted by molar-refractivity contribution is 6.01. The van der Waals surface area contributed by atoms with Crippen molar-refractivity contribution < 1.29 is 22.4 Å². The maximum Gasteiger partial charge on any atom is 0.416 e. The van der Waals surface area contributed by atoms with E-state index in [9.17, 15) is 22.4 Å². The van der Waals surface area contributed by atoms with Gasteiger partial charge in [0, 0.05) is 18.0 Å². The first-order valence-corrected chi connectivity index (χ1v) is 8.72. The van der Waals surface area contributed by atoms with E-state index in [1.165, 1.54) is 12.3 Å². The number of hydrogen-bond acceptors (Lipinski definition) is 5. The SMILES string of the molecule is Nc1n[nH]c2nccc(-c3ccc(NC(=O)Nc4cc(C(F)(F)F)ccc4F)nc3)c12. The van der Waals surface area contributed by atoms with Gasteiger partial charge in [-0.2, -0.15) is 18.3 Å². The van der Waals surface area contributed by atoms with Gasteiger partial charge in [0.1, 0.15) is 11.6 Å². The van der Waals surface area contributed by atoms with Crippen LogP contribution in [0.5, 0.6) is 0 Å². The fraction of sp³-hybridized carbons (Fsp3) is 0.0526. The summed E-state index contributed by atoms with van der Waals surface area (Å²) in [6, 6.07) is 5.61. The molecule has 0 saturated carbocycles. The van der Waals surface area contributed by atoms with Crippen LogP contribution in [0, 0.1) is 5.82 Å². The van der Waals surface area contributed by atoms with Crippen molar-refractivity contribution in [2.75, 3.05) is 16.4 Å². The van der Waals surface area contributed by atoms with Crippen molar-refractivity contribution in [3.63, 3.8) is 0 Å². The van der Waals surface area contributed by atoms with Crippen LogP contribution in [0.1, 0.15) is 5.56 Å².